The lowest BCUT2D eigenvalue weighted by Gasteiger charge is -2.15. The van der Waals surface area contributed by atoms with Crippen molar-refractivity contribution in [2.75, 3.05) is 26.0 Å². The first-order valence-corrected chi connectivity index (χ1v) is 8.40. The Kier molecular flexibility index (Phi) is 6.77. The van der Waals surface area contributed by atoms with Crippen LogP contribution in [0.4, 0.5) is 5.69 Å². The molecule has 0 aliphatic rings. The van der Waals surface area contributed by atoms with Crippen molar-refractivity contribution in [2.45, 2.75) is 0 Å². The molecule has 6 heteroatoms. The van der Waals surface area contributed by atoms with E-state index in [0.717, 1.165) is 15.8 Å². The zero-order valence-electron chi connectivity index (χ0n) is 14.0. The van der Waals surface area contributed by atoms with Crippen LogP contribution in [0, 0.1) is 0 Å². The Balaban J connectivity index is 1.89. The maximum absolute atomic E-state index is 12.1. The van der Waals surface area contributed by atoms with Crippen molar-refractivity contribution in [3.63, 3.8) is 0 Å². The minimum atomic E-state index is -0.263. The van der Waals surface area contributed by atoms with Crippen LogP contribution in [0.1, 0.15) is 5.56 Å². The summed E-state index contributed by atoms with van der Waals surface area (Å²) in [5, 5.41) is 2.76. The number of para-hydroxylation sites is 1. The van der Waals surface area contributed by atoms with Crippen LogP contribution in [-0.4, -0.2) is 37.4 Å². The van der Waals surface area contributed by atoms with E-state index in [2.05, 4.69) is 21.2 Å². The normalized spacial score (nSPS) is 10.5. The van der Waals surface area contributed by atoms with Crippen molar-refractivity contribution >= 4 is 39.5 Å². The van der Waals surface area contributed by atoms with Gasteiger partial charge in [-0.1, -0.05) is 24.3 Å². The highest BCUT2D eigenvalue weighted by Crippen LogP contribution is 2.21. The number of amides is 2. The number of hydrogen-bond donors (Lipinski definition) is 1. The molecule has 0 atom stereocenters. The zero-order valence-corrected chi connectivity index (χ0v) is 15.6. The first-order chi connectivity index (χ1) is 12.0. The Morgan fingerprint density at radius 2 is 1.84 bits per heavy atom. The van der Waals surface area contributed by atoms with E-state index in [-0.39, 0.29) is 18.4 Å². The molecule has 0 aliphatic carbocycles. The predicted molar refractivity (Wildman–Crippen MR) is 102 cm³/mol. The molecule has 0 spiro atoms. The summed E-state index contributed by atoms with van der Waals surface area (Å²) >= 11 is 3.37. The highest BCUT2D eigenvalue weighted by atomic mass is 79.9. The van der Waals surface area contributed by atoms with E-state index in [4.69, 9.17) is 4.74 Å². The number of benzene rings is 2. The number of likely N-dealkylation sites (N-methyl/N-ethyl adjacent to an activating group) is 1. The van der Waals surface area contributed by atoms with E-state index in [9.17, 15) is 9.59 Å². The van der Waals surface area contributed by atoms with Crippen LogP contribution in [0.15, 0.2) is 59.1 Å². The summed E-state index contributed by atoms with van der Waals surface area (Å²) in [5.41, 5.74) is 1.54. The third-order valence-electron chi connectivity index (χ3n) is 3.44. The van der Waals surface area contributed by atoms with E-state index < -0.39 is 0 Å². The van der Waals surface area contributed by atoms with Crippen LogP contribution < -0.4 is 10.1 Å². The molecule has 0 aliphatic heterocycles. The molecule has 1 N–H and O–H groups in total. The van der Waals surface area contributed by atoms with Gasteiger partial charge in [0.15, 0.2) is 0 Å². The van der Waals surface area contributed by atoms with Gasteiger partial charge in [-0.15, -0.1) is 0 Å². The molecule has 25 heavy (non-hydrogen) atoms. The molecular formula is C19H19BrN2O3. The first kappa shape index (κ1) is 18.7. The molecule has 0 saturated heterocycles. The van der Waals surface area contributed by atoms with Crippen molar-refractivity contribution < 1.29 is 14.3 Å². The molecule has 130 valence electrons. The van der Waals surface area contributed by atoms with E-state index in [1.807, 2.05) is 42.5 Å². The van der Waals surface area contributed by atoms with Crippen LogP contribution in [0.5, 0.6) is 5.75 Å². The highest BCUT2D eigenvalue weighted by Gasteiger charge is 2.11. The second kappa shape index (κ2) is 9.03. The van der Waals surface area contributed by atoms with Crippen molar-refractivity contribution in [2.24, 2.45) is 0 Å². The summed E-state index contributed by atoms with van der Waals surface area (Å²) < 4.78 is 5.88. The number of methoxy groups -OCH3 is 1. The number of hydrogen-bond acceptors (Lipinski definition) is 3. The summed E-state index contributed by atoms with van der Waals surface area (Å²) in [6.45, 7) is -0.0346. The quantitative estimate of drug-likeness (QED) is 0.751. The Bertz CT molecular complexity index is 772. The summed E-state index contributed by atoms with van der Waals surface area (Å²) in [6, 6.07) is 14.6. The van der Waals surface area contributed by atoms with Crippen molar-refractivity contribution in [1.29, 1.82) is 0 Å². The van der Waals surface area contributed by atoms with Gasteiger partial charge in [0.1, 0.15) is 5.75 Å². The number of ether oxygens (including phenoxy) is 1. The van der Waals surface area contributed by atoms with E-state index in [1.165, 1.54) is 11.0 Å². The molecule has 2 aromatic rings. The van der Waals surface area contributed by atoms with Gasteiger partial charge in [-0.05, 0) is 51.8 Å². The third kappa shape index (κ3) is 5.76. The minimum absolute atomic E-state index is 0.0346. The smallest absolute Gasteiger partial charge is 0.246 e. The van der Waals surface area contributed by atoms with E-state index in [0.29, 0.717) is 5.69 Å². The molecule has 2 aromatic carbocycles. The van der Waals surface area contributed by atoms with Gasteiger partial charge < -0.3 is 15.0 Å². The Hall–Kier alpha value is -2.60. The van der Waals surface area contributed by atoms with E-state index >= 15 is 0 Å². The molecule has 0 saturated carbocycles. The van der Waals surface area contributed by atoms with Gasteiger partial charge in [0, 0.05) is 17.6 Å². The van der Waals surface area contributed by atoms with Gasteiger partial charge in [-0.25, -0.2) is 0 Å². The third-order valence-corrected chi connectivity index (χ3v) is 4.13. The van der Waals surface area contributed by atoms with Crippen LogP contribution in [-0.2, 0) is 9.59 Å². The van der Waals surface area contributed by atoms with Crippen molar-refractivity contribution in [1.82, 2.24) is 4.90 Å². The number of halogens is 1. The maximum Gasteiger partial charge on any atom is 0.246 e. The highest BCUT2D eigenvalue weighted by molar-refractivity contribution is 9.10. The summed E-state index contributed by atoms with van der Waals surface area (Å²) in [6.07, 6.45) is 3.14. The van der Waals surface area contributed by atoms with E-state index in [1.54, 1.807) is 26.3 Å². The molecule has 0 radical (unpaired) electrons. The van der Waals surface area contributed by atoms with Gasteiger partial charge in [0.05, 0.1) is 19.3 Å². The lowest BCUT2D eigenvalue weighted by molar-refractivity contribution is -0.129. The fourth-order valence-electron chi connectivity index (χ4n) is 2.06. The second-order valence-corrected chi connectivity index (χ2v) is 6.18. The lowest BCUT2D eigenvalue weighted by atomic mass is 10.2. The molecule has 0 unspecified atom stereocenters. The molecule has 2 rings (SSSR count). The Morgan fingerprint density at radius 3 is 2.48 bits per heavy atom. The van der Waals surface area contributed by atoms with Crippen LogP contribution in [0.2, 0.25) is 0 Å². The largest absolute Gasteiger partial charge is 0.497 e. The Labute approximate surface area is 155 Å². The summed E-state index contributed by atoms with van der Waals surface area (Å²) in [4.78, 5) is 25.5. The summed E-state index contributed by atoms with van der Waals surface area (Å²) in [5.74, 6) is 0.239. The van der Waals surface area contributed by atoms with Crippen LogP contribution >= 0.6 is 15.9 Å². The van der Waals surface area contributed by atoms with Crippen molar-refractivity contribution in [3.8, 4) is 5.75 Å². The molecular weight excluding hydrogens is 384 g/mol. The number of carbonyl (C=O) groups is 2. The Morgan fingerprint density at radius 1 is 1.16 bits per heavy atom. The number of anilines is 1. The lowest BCUT2D eigenvalue weighted by Crippen LogP contribution is -2.33. The maximum atomic E-state index is 12.1. The van der Waals surface area contributed by atoms with Crippen LogP contribution in [0.3, 0.4) is 0 Å². The summed E-state index contributed by atoms with van der Waals surface area (Å²) in [7, 11) is 3.18. The minimum Gasteiger partial charge on any atom is -0.497 e. The average molecular weight is 403 g/mol. The fourth-order valence-corrected chi connectivity index (χ4v) is 2.44. The second-order valence-electron chi connectivity index (χ2n) is 5.33. The predicted octanol–water partition coefficient (Wildman–Crippen LogP) is 3.57. The fraction of sp³-hybridized carbons (Fsp3) is 0.158. The number of carbonyl (C=O) groups excluding carboxylic acids is 2. The molecule has 2 amide bonds. The standard InChI is InChI=1S/C19H19BrN2O3/c1-22(13-18(23)21-17-6-4-3-5-16(17)20)19(24)12-9-14-7-10-15(25-2)11-8-14/h3-12H,13H2,1-2H3,(H,21,23)/b12-9+. The zero-order chi connectivity index (χ0) is 18.2. The molecule has 0 fully saturated rings. The monoisotopic (exact) mass is 402 g/mol. The van der Waals surface area contributed by atoms with Gasteiger partial charge in [-0.2, -0.15) is 0 Å². The molecule has 0 aromatic heterocycles. The van der Waals surface area contributed by atoms with Crippen LogP contribution in [0.25, 0.3) is 6.08 Å². The molecule has 0 heterocycles. The van der Waals surface area contributed by atoms with Gasteiger partial charge in [0.2, 0.25) is 11.8 Å². The average Bonchev–Trinajstić information content (AvgIpc) is 2.62. The first-order valence-electron chi connectivity index (χ1n) is 7.61. The SMILES string of the molecule is COc1ccc(/C=C/C(=O)N(C)CC(=O)Nc2ccccc2Br)cc1. The number of rotatable bonds is 6. The van der Waals surface area contributed by atoms with Crippen molar-refractivity contribution in [3.05, 3.63) is 64.6 Å². The van der Waals surface area contributed by atoms with Gasteiger partial charge in [-0.3, -0.25) is 9.59 Å². The van der Waals surface area contributed by atoms with Gasteiger partial charge in [0.25, 0.3) is 0 Å². The van der Waals surface area contributed by atoms with Gasteiger partial charge >= 0.3 is 0 Å². The topological polar surface area (TPSA) is 58.6 Å². The number of nitrogens with one attached hydrogen (secondary N) is 1. The molecule has 5 nitrogen and oxygen atoms in total. The number of nitrogens with zero attached hydrogens (tertiary/aromatic N) is 1. The molecule has 0 bridgehead atoms.